The molecule has 0 radical (unpaired) electrons. The minimum atomic E-state index is 0.611. The van der Waals surface area contributed by atoms with Gasteiger partial charge in [-0.05, 0) is 24.0 Å². The lowest BCUT2D eigenvalue weighted by atomic mass is 9.87. The van der Waals surface area contributed by atoms with Gasteiger partial charge in [0.2, 0.25) is 0 Å². The second-order valence-corrected chi connectivity index (χ2v) is 3.66. The molecule has 0 saturated heterocycles. The molecule has 0 amide bonds. The van der Waals surface area contributed by atoms with Crippen LogP contribution in [0.3, 0.4) is 0 Å². The van der Waals surface area contributed by atoms with Crippen LogP contribution in [0.25, 0.3) is 0 Å². The standard InChI is InChI=1S/C11H15N/c1-8-9(2)12-7-10-5-3-4-6-11(8)10/h3-6,8-9,12H,7H2,1-2H3. The average Bonchev–Trinajstić information content (AvgIpc) is 2.12. The highest BCUT2D eigenvalue weighted by Gasteiger charge is 2.20. The van der Waals surface area contributed by atoms with Crippen molar-refractivity contribution in [2.24, 2.45) is 0 Å². The van der Waals surface area contributed by atoms with E-state index in [1.54, 1.807) is 0 Å². The Bertz CT molecular complexity index is 280. The molecule has 0 spiro atoms. The Hall–Kier alpha value is -0.820. The Morgan fingerprint density at radius 2 is 2.00 bits per heavy atom. The molecule has 1 aromatic rings. The number of fused-ring (bicyclic) bond motifs is 1. The second-order valence-electron chi connectivity index (χ2n) is 3.66. The quantitative estimate of drug-likeness (QED) is 0.615. The Kier molecular flexibility index (Phi) is 1.89. The smallest absolute Gasteiger partial charge is 0.0211 e. The van der Waals surface area contributed by atoms with Crippen LogP contribution in [0.5, 0.6) is 0 Å². The molecule has 0 saturated carbocycles. The van der Waals surface area contributed by atoms with Gasteiger partial charge in [0.15, 0.2) is 0 Å². The second kappa shape index (κ2) is 2.91. The number of nitrogens with one attached hydrogen (secondary N) is 1. The van der Waals surface area contributed by atoms with E-state index in [4.69, 9.17) is 0 Å². The highest BCUT2D eigenvalue weighted by Crippen LogP contribution is 2.26. The molecule has 64 valence electrons. The molecule has 0 fully saturated rings. The van der Waals surface area contributed by atoms with E-state index in [2.05, 4.69) is 43.4 Å². The summed E-state index contributed by atoms with van der Waals surface area (Å²) >= 11 is 0. The molecule has 2 atom stereocenters. The van der Waals surface area contributed by atoms with Gasteiger partial charge in [0, 0.05) is 12.6 Å². The first-order chi connectivity index (χ1) is 5.79. The summed E-state index contributed by atoms with van der Waals surface area (Å²) in [6.07, 6.45) is 0. The summed E-state index contributed by atoms with van der Waals surface area (Å²) in [5, 5.41) is 3.49. The predicted molar refractivity (Wildman–Crippen MR) is 51.2 cm³/mol. The van der Waals surface area contributed by atoms with E-state index >= 15 is 0 Å². The van der Waals surface area contributed by atoms with Gasteiger partial charge in [0.05, 0.1) is 0 Å². The minimum Gasteiger partial charge on any atom is -0.310 e. The monoisotopic (exact) mass is 161 g/mol. The van der Waals surface area contributed by atoms with Gasteiger partial charge in [-0.2, -0.15) is 0 Å². The highest BCUT2D eigenvalue weighted by molar-refractivity contribution is 5.32. The molecular formula is C11H15N. The van der Waals surface area contributed by atoms with E-state index < -0.39 is 0 Å². The SMILES string of the molecule is CC1NCc2ccccc2C1C. The first-order valence-corrected chi connectivity index (χ1v) is 4.60. The Balaban J connectivity index is 2.42. The Morgan fingerprint density at radius 1 is 1.25 bits per heavy atom. The lowest BCUT2D eigenvalue weighted by Gasteiger charge is -2.29. The first-order valence-electron chi connectivity index (χ1n) is 4.60. The van der Waals surface area contributed by atoms with E-state index in [9.17, 15) is 0 Å². The third kappa shape index (κ3) is 1.14. The maximum Gasteiger partial charge on any atom is 0.0211 e. The third-order valence-electron chi connectivity index (χ3n) is 2.91. The van der Waals surface area contributed by atoms with Gasteiger partial charge < -0.3 is 5.32 Å². The summed E-state index contributed by atoms with van der Waals surface area (Å²) in [6.45, 7) is 5.57. The van der Waals surface area contributed by atoms with Crippen molar-refractivity contribution in [3.8, 4) is 0 Å². The van der Waals surface area contributed by atoms with Crippen molar-refractivity contribution in [3.63, 3.8) is 0 Å². The van der Waals surface area contributed by atoms with Crippen LogP contribution >= 0.6 is 0 Å². The van der Waals surface area contributed by atoms with Crippen molar-refractivity contribution in [2.45, 2.75) is 32.4 Å². The molecule has 1 nitrogen and oxygen atoms in total. The molecule has 0 aliphatic carbocycles. The molecule has 2 rings (SSSR count). The van der Waals surface area contributed by atoms with Gasteiger partial charge in [-0.3, -0.25) is 0 Å². The van der Waals surface area contributed by atoms with Gasteiger partial charge in [-0.25, -0.2) is 0 Å². The number of hydrogen-bond donors (Lipinski definition) is 1. The molecule has 1 heterocycles. The molecule has 1 aliphatic rings. The number of benzene rings is 1. The molecule has 0 aromatic heterocycles. The van der Waals surface area contributed by atoms with Gasteiger partial charge >= 0.3 is 0 Å². The van der Waals surface area contributed by atoms with Crippen LogP contribution in [0.15, 0.2) is 24.3 Å². The van der Waals surface area contributed by atoms with Gasteiger partial charge in [0.1, 0.15) is 0 Å². The minimum absolute atomic E-state index is 0.611. The van der Waals surface area contributed by atoms with Crippen LogP contribution in [0.4, 0.5) is 0 Å². The van der Waals surface area contributed by atoms with E-state index in [0.717, 1.165) is 6.54 Å². The van der Waals surface area contributed by atoms with E-state index in [-0.39, 0.29) is 0 Å². The molecule has 1 heteroatoms. The zero-order valence-electron chi connectivity index (χ0n) is 7.67. The molecule has 2 unspecified atom stereocenters. The van der Waals surface area contributed by atoms with Crippen LogP contribution in [0.1, 0.15) is 30.9 Å². The topological polar surface area (TPSA) is 12.0 Å². The number of hydrogen-bond acceptors (Lipinski definition) is 1. The summed E-state index contributed by atoms with van der Waals surface area (Å²) in [5.74, 6) is 0.648. The van der Waals surface area contributed by atoms with E-state index in [1.165, 1.54) is 11.1 Å². The fourth-order valence-corrected chi connectivity index (χ4v) is 1.86. The van der Waals surface area contributed by atoms with Gasteiger partial charge in [-0.15, -0.1) is 0 Å². The normalized spacial score (nSPS) is 28.2. The lowest BCUT2D eigenvalue weighted by Crippen LogP contribution is -2.35. The number of rotatable bonds is 0. The van der Waals surface area contributed by atoms with Crippen LogP contribution in [-0.2, 0) is 6.54 Å². The molecule has 12 heavy (non-hydrogen) atoms. The van der Waals surface area contributed by atoms with Crippen molar-refractivity contribution in [1.82, 2.24) is 5.32 Å². The average molecular weight is 161 g/mol. The van der Waals surface area contributed by atoms with Gasteiger partial charge in [-0.1, -0.05) is 31.2 Å². The summed E-state index contributed by atoms with van der Waals surface area (Å²) in [7, 11) is 0. The zero-order chi connectivity index (χ0) is 8.55. The van der Waals surface area contributed by atoms with Crippen molar-refractivity contribution in [1.29, 1.82) is 0 Å². The summed E-state index contributed by atoms with van der Waals surface area (Å²) in [6, 6.07) is 9.32. The highest BCUT2D eigenvalue weighted by atomic mass is 14.9. The van der Waals surface area contributed by atoms with Crippen LogP contribution in [0, 0.1) is 0 Å². The van der Waals surface area contributed by atoms with Crippen LogP contribution in [0.2, 0.25) is 0 Å². The fourth-order valence-electron chi connectivity index (χ4n) is 1.86. The largest absolute Gasteiger partial charge is 0.310 e. The molecule has 1 aliphatic heterocycles. The van der Waals surface area contributed by atoms with Crippen molar-refractivity contribution >= 4 is 0 Å². The van der Waals surface area contributed by atoms with Crippen LogP contribution in [-0.4, -0.2) is 6.04 Å². The third-order valence-corrected chi connectivity index (χ3v) is 2.91. The fraction of sp³-hybridized carbons (Fsp3) is 0.455. The summed E-state index contributed by atoms with van der Waals surface area (Å²) in [5.41, 5.74) is 2.98. The molecule has 1 aromatic carbocycles. The maximum atomic E-state index is 3.49. The van der Waals surface area contributed by atoms with Gasteiger partial charge in [0.25, 0.3) is 0 Å². The zero-order valence-corrected chi connectivity index (χ0v) is 7.67. The molecule has 1 N–H and O–H groups in total. The van der Waals surface area contributed by atoms with Crippen molar-refractivity contribution in [2.75, 3.05) is 0 Å². The lowest BCUT2D eigenvalue weighted by molar-refractivity contribution is 0.449. The first kappa shape index (κ1) is 7.81. The van der Waals surface area contributed by atoms with E-state index in [1.807, 2.05) is 0 Å². The Labute approximate surface area is 73.8 Å². The van der Waals surface area contributed by atoms with Crippen molar-refractivity contribution < 1.29 is 0 Å². The molecular weight excluding hydrogens is 146 g/mol. The molecule has 0 bridgehead atoms. The van der Waals surface area contributed by atoms with E-state index in [0.29, 0.717) is 12.0 Å². The van der Waals surface area contributed by atoms with Crippen LogP contribution < -0.4 is 5.32 Å². The Morgan fingerprint density at radius 3 is 2.83 bits per heavy atom. The predicted octanol–water partition coefficient (Wildman–Crippen LogP) is 2.28. The maximum absolute atomic E-state index is 3.49. The summed E-state index contributed by atoms with van der Waals surface area (Å²) < 4.78 is 0. The van der Waals surface area contributed by atoms with Crippen molar-refractivity contribution in [3.05, 3.63) is 35.4 Å². The summed E-state index contributed by atoms with van der Waals surface area (Å²) in [4.78, 5) is 0.